The maximum Gasteiger partial charge on any atom is 0.245 e. The molecule has 1 aromatic carbocycles. The fourth-order valence-electron chi connectivity index (χ4n) is 3.04. The van der Waals surface area contributed by atoms with Gasteiger partial charge in [-0.15, -0.1) is 0 Å². The van der Waals surface area contributed by atoms with Gasteiger partial charge in [0.15, 0.2) is 15.7 Å². The minimum absolute atomic E-state index is 0.195. The van der Waals surface area contributed by atoms with Crippen LogP contribution >= 0.6 is 0 Å². The van der Waals surface area contributed by atoms with Gasteiger partial charge in [-0.25, -0.2) is 8.42 Å². The van der Waals surface area contributed by atoms with Crippen LogP contribution in [0.2, 0.25) is 0 Å². The fraction of sp³-hybridized carbons (Fsp3) is 0.529. The van der Waals surface area contributed by atoms with E-state index in [1.165, 1.54) is 31.4 Å². The van der Waals surface area contributed by atoms with Gasteiger partial charge in [-0.2, -0.15) is 4.98 Å². The van der Waals surface area contributed by atoms with Crippen molar-refractivity contribution in [1.29, 1.82) is 0 Å². The first kappa shape index (κ1) is 17.7. The third kappa shape index (κ3) is 5.19. The molecule has 1 fully saturated rings. The molecule has 2 heterocycles. The molecular weight excluding hydrogens is 340 g/mol. The summed E-state index contributed by atoms with van der Waals surface area (Å²) in [5.41, 5.74) is 2.20. The van der Waals surface area contributed by atoms with Crippen LogP contribution in [0.3, 0.4) is 0 Å². The van der Waals surface area contributed by atoms with Crippen LogP contribution < -0.4 is 10.2 Å². The normalized spacial score (nSPS) is 15.8. The van der Waals surface area contributed by atoms with Crippen molar-refractivity contribution in [3.8, 4) is 0 Å². The highest BCUT2D eigenvalue weighted by molar-refractivity contribution is 7.89. The van der Waals surface area contributed by atoms with Gasteiger partial charge in [0.1, 0.15) is 5.75 Å². The highest BCUT2D eigenvalue weighted by atomic mass is 32.2. The standard InChI is InChI=1S/C17H24N4O3S/c1-25(22,23)13-16-19-17(24-20-16)12-18-14-8-4-5-9-15(14)21-10-6-2-3-7-11-21/h4-5,8-9,18H,2-3,6-7,10-13H2,1H3. The summed E-state index contributed by atoms with van der Waals surface area (Å²) >= 11 is 0. The first-order valence-corrected chi connectivity index (χ1v) is 10.6. The van der Waals surface area contributed by atoms with Crippen LogP contribution in [0.4, 0.5) is 11.4 Å². The Balaban J connectivity index is 1.67. The van der Waals surface area contributed by atoms with Crippen molar-refractivity contribution >= 4 is 21.2 Å². The first-order chi connectivity index (χ1) is 12.0. The van der Waals surface area contributed by atoms with E-state index in [1.807, 2.05) is 18.2 Å². The lowest BCUT2D eigenvalue weighted by atomic mass is 10.2. The molecule has 0 bridgehead atoms. The van der Waals surface area contributed by atoms with Crippen LogP contribution in [0.25, 0.3) is 0 Å². The molecular formula is C17H24N4O3S. The van der Waals surface area contributed by atoms with E-state index in [0.717, 1.165) is 25.0 Å². The molecule has 0 saturated carbocycles. The molecule has 8 heteroatoms. The topological polar surface area (TPSA) is 88.3 Å². The molecule has 1 N–H and O–H groups in total. The summed E-state index contributed by atoms with van der Waals surface area (Å²) in [6, 6.07) is 8.19. The summed E-state index contributed by atoms with van der Waals surface area (Å²) < 4.78 is 27.7. The minimum Gasteiger partial charge on any atom is -0.374 e. The van der Waals surface area contributed by atoms with Crippen LogP contribution in [0.5, 0.6) is 0 Å². The summed E-state index contributed by atoms with van der Waals surface area (Å²) in [4.78, 5) is 6.55. The van der Waals surface area contributed by atoms with Crippen LogP contribution in [0.15, 0.2) is 28.8 Å². The third-order valence-corrected chi connectivity index (χ3v) is 4.96. The van der Waals surface area contributed by atoms with Gasteiger partial charge in [-0.1, -0.05) is 30.1 Å². The SMILES string of the molecule is CS(=O)(=O)Cc1noc(CNc2ccccc2N2CCCCCC2)n1. The zero-order valence-corrected chi connectivity index (χ0v) is 15.3. The van der Waals surface area contributed by atoms with Gasteiger partial charge in [0.25, 0.3) is 0 Å². The second-order valence-electron chi connectivity index (χ2n) is 6.45. The molecule has 0 atom stereocenters. The van der Waals surface area contributed by atoms with Gasteiger partial charge in [-0.3, -0.25) is 0 Å². The lowest BCUT2D eigenvalue weighted by Gasteiger charge is -2.25. The molecule has 0 spiro atoms. The van der Waals surface area contributed by atoms with E-state index in [9.17, 15) is 8.42 Å². The number of aromatic nitrogens is 2. The Morgan fingerprint density at radius 1 is 1.16 bits per heavy atom. The Bertz CT molecular complexity index is 796. The molecule has 0 radical (unpaired) electrons. The molecule has 0 amide bonds. The first-order valence-electron chi connectivity index (χ1n) is 8.58. The van der Waals surface area contributed by atoms with Crippen molar-refractivity contribution in [2.24, 2.45) is 0 Å². The molecule has 3 rings (SSSR count). The number of hydrogen-bond acceptors (Lipinski definition) is 7. The monoisotopic (exact) mass is 364 g/mol. The number of nitrogens with zero attached hydrogens (tertiary/aromatic N) is 3. The summed E-state index contributed by atoms with van der Waals surface area (Å²) in [6.07, 6.45) is 6.16. The van der Waals surface area contributed by atoms with Gasteiger partial charge in [0.2, 0.25) is 5.89 Å². The molecule has 0 aliphatic carbocycles. The minimum atomic E-state index is -3.17. The average molecular weight is 364 g/mol. The maximum atomic E-state index is 11.3. The molecule has 1 aromatic heterocycles. The zero-order valence-electron chi connectivity index (χ0n) is 14.4. The zero-order chi connectivity index (χ0) is 17.7. The number of hydrogen-bond donors (Lipinski definition) is 1. The molecule has 1 saturated heterocycles. The van der Waals surface area contributed by atoms with E-state index in [4.69, 9.17) is 4.52 Å². The van der Waals surface area contributed by atoms with Crippen LogP contribution in [-0.2, 0) is 22.1 Å². The Kier molecular flexibility index (Phi) is 5.57. The van der Waals surface area contributed by atoms with E-state index in [1.54, 1.807) is 0 Å². The van der Waals surface area contributed by atoms with Gasteiger partial charge >= 0.3 is 0 Å². The molecule has 25 heavy (non-hydrogen) atoms. The van der Waals surface area contributed by atoms with E-state index in [2.05, 4.69) is 26.4 Å². The Labute approximate surface area is 148 Å². The van der Waals surface area contributed by atoms with E-state index in [0.29, 0.717) is 12.4 Å². The molecule has 7 nitrogen and oxygen atoms in total. The van der Waals surface area contributed by atoms with Gasteiger partial charge in [0, 0.05) is 19.3 Å². The molecule has 136 valence electrons. The highest BCUT2D eigenvalue weighted by Gasteiger charge is 2.15. The summed E-state index contributed by atoms with van der Waals surface area (Å²) in [6.45, 7) is 2.50. The number of rotatable bonds is 6. The molecule has 1 aliphatic heterocycles. The van der Waals surface area contributed by atoms with E-state index in [-0.39, 0.29) is 11.6 Å². The van der Waals surface area contributed by atoms with Crippen molar-refractivity contribution in [2.45, 2.75) is 38.0 Å². The lowest BCUT2D eigenvalue weighted by Crippen LogP contribution is -2.24. The van der Waals surface area contributed by atoms with E-state index >= 15 is 0 Å². The average Bonchev–Trinajstić information content (AvgIpc) is 2.83. The summed E-state index contributed by atoms with van der Waals surface area (Å²) in [5.74, 6) is 0.366. The number of benzene rings is 1. The smallest absolute Gasteiger partial charge is 0.245 e. The van der Waals surface area contributed by atoms with Gasteiger partial charge in [-0.05, 0) is 25.0 Å². The largest absolute Gasteiger partial charge is 0.374 e. The lowest BCUT2D eigenvalue weighted by molar-refractivity contribution is 0.379. The van der Waals surface area contributed by atoms with Gasteiger partial charge in [0.05, 0.1) is 17.9 Å². The predicted molar refractivity (Wildman–Crippen MR) is 97.3 cm³/mol. The Morgan fingerprint density at radius 3 is 2.60 bits per heavy atom. The van der Waals surface area contributed by atoms with Gasteiger partial charge < -0.3 is 14.7 Å². The van der Waals surface area contributed by atoms with Crippen molar-refractivity contribution in [1.82, 2.24) is 10.1 Å². The van der Waals surface area contributed by atoms with Crippen molar-refractivity contribution < 1.29 is 12.9 Å². The molecule has 0 unspecified atom stereocenters. The predicted octanol–water partition coefficient (Wildman–Crippen LogP) is 2.61. The summed E-state index contributed by atoms with van der Waals surface area (Å²) in [7, 11) is -3.17. The third-order valence-electron chi connectivity index (χ3n) is 4.18. The number of sulfone groups is 1. The Morgan fingerprint density at radius 2 is 1.88 bits per heavy atom. The van der Waals surface area contributed by atoms with Crippen molar-refractivity contribution in [3.05, 3.63) is 36.0 Å². The van der Waals surface area contributed by atoms with Crippen LogP contribution in [0, 0.1) is 0 Å². The highest BCUT2D eigenvalue weighted by Crippen LogP contribution is 2.28. The second kappa shape index (κ2) is 7.86. The van der Waals surface area contributed by atoms with Crippen LogP contribution in [0.1, 0.15) is 37.4 Å². The number of nitrogens with one attached hydrogen (secondary N) is 1. The van der Waals surface area contributed by atoms with Crippen molar-refractivity contribution in [2.75, 3.05) is 29.6 Å². The quantitative estimate of drug-likeness (QED) is 0.843. The van der Waals surface area contributed by atoms with Crippen molar-refractivity contribution in [3.63, 3.8) is 0 Å². The maximum absolute atomic E-state index is 11.3. The van der Waals surface area contributed by atoms with Crippen LogP contribution in [-0.4, -0.2) is 37.9 Å². The fourth-order valence-corrected chi connectivity index (χ4v) is 3.62. The molecule has 2 aromatic rings. The second-order valence-corrected chi connectivity index (χ2v) is 8.59. The summed E-state index contributed by atoms with van der Waals surface area (Å²) in [5, 5.41) is 7.06. The number of para-hydroxylation sites is 2. The molecule has 1 aliphatic rings. The number of anilines is 2. The van der Waals surface area contributed by atoms with E-state index < -0.39 is 9.84 Å². The Hall–Kier alpha value is -2.09.